The first-order chi connectivity index (χ1) is 20.8. The zero-order valence-corrected chi connectivity index (χ0v) is 30.6. The van der Waals surface area contributed by atoms with Crippen LogP contribution in [0.1, 0.15) is 99.3 Å². The molecule has 3 rings (SSSR count). The minimum atomic E-state index is 0.372. The lowest BCUT2D eigenvalue weighted by atomic mass is 10.1. The Labute approximate surface area is 276 Å². The van der Waals surface area contributed by atoms with Crippen LogP contribution in [0.4, 0.5) is 0 Å². The molecule has 0 aromatic carbocycles. The van der Waals surface area contributed by atoms with Gasteiger partial charge in [0, 0.05) is 48.0 Å². The molecule has 3 heterocycles. The molecule has 0 atom stereocenters. The first-order valence-corrected chi connectivity index (χ1v) is 16.6. The minimum absolute atomic E-state index is 0.372. The van der Waals surface area contributed by atoms with Gasteiger partial charge in [0.1, 0.15) is 19.5 Å². The monoisotopic (exact) mass is 648 g/mol. The van der Waals surface area contributed by atoms with Gasteiger partial charge < -0.3 is 9.68 Å². The summed E-state index contributed by atoms with van der Waals surface area (Å²) in [4.78, 5) is 25.6. The van der Waals surface area contributed by atoms with E-state index in [2.05, 4.69) is 88.1 Å². The smallest absolute Gasteiger partial charge is 0.130 e. The number of halogens is 1. The molecule has 3 aromatic rings. The summed E-state index contributed by atoms with van der Waals surface area (Å²) >= 11 is 7.26. The molecule has 0 amide bonds. The zero-order valence-electron chi connectivity index (χ0n) is 29.1. The molecule has 248 valence electrons. The molecule has 3 aromatic heterocycles. The van der Waals surface area contributed by atoms with Crippen molar-refractivity contribution in [1.29, 1.82) is 0 Å². The fourth-order valence-corrected chi connectivity index (χ4v) is 3.40. The topological polar surface area (TPSA) is 94.7 Å². The number of pyridine rings is 1. The molecule has 0 N–H and O–H groups in total. The molecule has 0 aliphatic carbocycles. The highest BCUT2D eigenvalue weighted by atomic mass is 35.5. The third-order valence-corrected chi connectivity index (χ3v) is 5.46. The van der Waals surface area contributed by atoms with E-state index >= 15 is 0 Å². The first-order valence-electron chi connectivity index (χ1n) is 15.3. The fourth-order valence-electron chi connectivity index (χ4n) is 2.74. The van der Waals surface area contributed by atoms with Crippen LogP contribution in [0.25, 0.3) is 0 Å². The van der Waals surface area contributed by atoms with Gasteiger partial charge in [0.2, 0.25) is 0 Å². The van der Waals surface area contributed by atoms with Crippen LogP contribution in [0.5, 0.6) is 0 Å². The van der Waals surface area contributed by atoms with E-state index in [1.165, 1.54) is 11.4 Å². The van der Waals surface area contributed by atoms with Crippen molar-refractivity contribution in [3.05, 3.63) is 69.9 Å². The summed E-state index contributed by atoms with van der Waals surface area (Å²) in [6, 6.07) is 6.05. The Balaban J connectivity index is 0. The summed E-state index contributed by atoms with van der Waals surface area (Å²) in [5.74, 6) is 3.62. The number of nitrogens with zero attached hydrogens (tertiary/aromatic N) is 6. The average molecular weight is 649 g/mol. The van der Waals surface area contributed by atoms with Crippen molar-refractivity contribution in [2.75, 3.05) is 13.7 Å². The molecule has 0 bridgehead atoms. The van der Waals surface area contributed by atoms with Crippen LogP contribution >= 0.6 is 22.9 Å². The van der Waals surface area contributed by atoms with Gasteiger partial charge in [0.15, 0.2) is 0 Å². The van der Waals surface area contributed by atoms with Gasteiger partial charge >= 0.3 is 0 Å². The van der Waals surface area contributed by atoms with E-state index in [0.29, 0.717) is 35.3 Å². The van der Waals surface area contributed by atoms with Crippen LogP contribution in [-0.2, 0) is 22.5 Å². The Kier molecular flexibility index (Phi) is 28.3. The van der Waals surface area contributed by atoms with Crippen molar-refractivity contribution in [2.45, 2.75) is 94.9 Å². The van der Waals surface area contributed by atoms with Crippen molar-refractivity contribution < 1.29 is 9.68 Å². The van der Waals surface area contributed by atoms with Crippen molar-refractivity contribution >= 4 is 35.4 Å². The maximum Gasteiger partial charge on any atom is 0.130 e. The molecule has 0 fully saturated rings. The minimum Gasteiger partial charge on any atom is -0.399 e. The highest BCUT2D eigenvalue weighted by Gasteiger charge is 2.00. The van der Waals surface area contributed by atoms with E-state index in [1.54, 1.807) is 43.3 Å². The first kappa shape index (κ1) is 43.2. The number of oxime groups is 2. The van der Waals surface area contributed by atoms with Gasteiger partial charge in [-0.1, -0.05) is 97.2 Å². The van der Waals surface area contributed by atoms with Crippen LogP contribution in [0.2, 0.25) is 5.02 Å². The zero-order chi connectivity index (χ0) is 33.8. The summed E-state index contributed by atoms with van der Waals surface area (Å²) in [7, 11) is 1.54. The third kappa shape index (κ3) is 30.5. The Hall–Kier alpha value is -2.91. The van der Waals surface area contributed by atoms with E-state index in [9.17, 15) is 0 Å². The van der Waals surface area contributed by atoms with Gasteiger partial charge in [-0.2, -0.15) is 0 Å². The molecular formula is C34H57ClN6O2S. The highest BCUT2D eigenvalue weighted by Crippen LogP contribution is 2.10. The highest BCUT2D eigenvalue weighted by molar-refractivity contribution is 7.07. The van der Waals surface area contributed by atoms with Crippen molar-refractivity contribution in [3.63, 3.8) is 0 Å². The molecule has 44 heavy (non-hydrogen) atoms. The van der Waals surface area contributed by atoms with Crippen LogP contribution in [0.15, 0.2) is 58.0 Å². The summed E-state index contributed by atoms with van der Waals surface area (Å²) in [6.45, 7) is 23.7. The van der Waals surface area contributed by atoms with Gasteiger partial charge in [-0.3, -0.25) is 4.98 Å². The summed E-state index contributed by atoms with van der Waals surface area (Å²) < 4.78 is 0. The summed E-state index contributed by atoms with van der Waals surface area (Å²) in [6.07, 6.45) is 10.8. The second kappa shape index (κ2) is 28.8. The molecule has 0 aliphatic heterocycles. The van der Waals surface area contributed by atoms with E-state index < -0.39 is 0 Å². The Bertz CT molecular complexity index is 1060. The van der Waals surface area contributed by atoms with Gasteiger partial charge in [-0.25, -0.2) is 15.0 Å². The second-order valence-corrected chi connectivity index (χ2v) is 12.7. The van der Waals surface area contributed by atoms with Crippen LogP contribution in [0.3, 0.4) is 0 Å². The largest absolute Gasteiger partial charge is 0.399 e. The Morgan fingerprint density at radius 3 is 1.75 bits per heavy atom. The lowest BCUT2D eigenvalue weighted by molar-refractivity contribution is 0.159. The predicted molar refractivity (Wildman–Crippen MR) is 190 cm³/mol. The third-order valence-electron chi connectivity index (χ3n) is 4.63. The van der Waals surface area contributed by atoms with Gasteiger partial charge in [0.05, 0.1) is 16.2 Å². The molecular weight excluding hydrogens is 592 g/mol. The predicted octanol–water partition coefficient (Wildman–Crippen LogP) is 9.81. The number of aromatic nitrogens is 4. The summed E-state index contributed by atoms with van der Waals surface area (Å²) in [5, 5.41) is 9.91. The second-order valence-electron chi connectivity index (χ2n) is 11.5. The Morgan fingerprint density at radius 1 is 0.795 bits per heavy atom. The molecule has 0 unspecified atom stereocenters. The van der Waals surface area contributed by atoms with Gasteiger partial charge in [-0.05, 0) is 55.6 Å². The maximum absolute atomic E-state index is 5.59. The van der Waals surface area contributed by atoms with Crippen molar-refractivity contribution in [3.8, 4) is 0 Å². The van der Waals surface area contributed by atoms with Crippen LogP contribution < -0.4 is 0 Å². The Morgan fingerprint density at radius 2 is 1.36 bits per heavy atom. The molecule has 0 radical (unpaired) electrons. The number of hydrogen-bond acceptors (Lipinski definition) is 9. The maximum atomic E-state index is 5.59. The standard InChI is InChI=1S/C9H13N.C7H9ClN2.C7H11NS.C6H13NO.C5H11NO/c1-8(2)7-9-5-3-4-6-10-9;1-5(2)7-9-3-6(8)4-10-7;1-6(2)3-7-4-9-5-8-7;1-4-8-7-5-6(2)3;1-5(2)4-6-7-3/h3-6,8H,7H2,1-2H3;3-5H,1-2H3;4-6H,3H2,1-2H3;5-6H,4H2,1-3H3;4-5H,1-3H3/b;;;7-5-;. The molecule has 0 spiro atoms. The van der Waals surface area contributed by atoms with E-state index in [4.69, 9.17) is 16.4 Å². The quantitative estimate of drug-likeness (QED) is 0.160. The van der Waals surface area contributed by atoms with E-state index in [0.717, 1.165) is 24.6 Å². The van der Waals surface area contributed by atoms with Crippen LogP contribution in [0, 0.1) is 23.7 Å². The number of rotatable bonds is 10. The molecule has 10 heteroatoms. The molecule has 0 saturated carbocycles. The fraction of sp³-hybridized carbons (Fsp3) is 0.588. The number of hydrogen-bond donors (Lipinski definition) is 0. The van der Waals surface area contributed by atoms with Crippen molar-refractivity contribution in [1.82, 2.24) is 19.9 Å². The SMILES string of the molecule is CC(C)Cc1ccccn1.CC(C)Cc1cscn1.CC(C)c1ncc(Cl)cn1.CCO/N=C\C(C)C.CON=CC(C)C. The van der Waals surface area contributed by atoms with E-state index in [-0.39, 0.29) is 0 Å². The van der Waals surface area contributed by atoms with Crippen molar-refractivity contribution in [2.24, 2.45) is 34.0 Å². The lowest BCUT2D eigenvalue weighted by Crippen LogP contribution is -1.95. The lowest BCUT2D eigenvalue weighted by Gasteiger charge is -2.01. The normalized spacial score (nSPS) is 10.6. The summed E-state index contributed by atoms with van der Waals surface area (Å²) in [5.41, 5.74) is 4.31. The number of thiazole rings is 1. The van der Waals surface area contributed by atoms with Gasteiger partial charge in [0.25, 0.3) is 0 Å². The van der Waals surface area contributed by atoms with Crippen LogP contribution in [-0.4, -0.2) is 46.1 Å². The molecule has 0 aliphatic rings. The van der Waals surface area contributed by atoms with Gasteiger partial charge in [-0.15, -0.1) is 11.3 Å². The van der Waals surface area contributed by atoms with E-state index in [1.807, 2.05) is 58.5 Å². The molecule has 0 saturated heterocycles. The average Bonchev–Trinajstić information content (AvgIpc) is 3.46. The molecule has 8 nitrogen and oxygen atoms in total.